The summed E-state index contributed by atoms with van der Waals surface area (Å²) in [4.78, 5) is 12.6. The zero-order valence-electron chi connectivity index (χ0n) is 9.09. The molecule has 0 aliphatic carbocycles. The van der Waals surface area contributed by atoms with Crippen molar-refractivity contribution in [3.8, 4) is 11.4 Å². The van der Waals surface area contributed by atoms with Crippen molar-refractivity contribution in [2.75, 3.05) is 0 Å². The van der Waals surface area contributed by atoms with E-state index in [1.807, 2.05) is 12.3 Å². The van der Waals surface area contributed by atoms with Crippen LogP contribution in [0.3, 0.4) is 0 Å². The molecular weight excluding hydrogens is 202 g/mol. The summed E-state index contributed by atoms with van der Waals surface area (Å²) >= 11 is 0. The second kappa shape index (κ2) is 4.81. The smallest absolute Gasteiger partial charge is 0.159 e. The summed E-state index contributed by atoms with van der Waals surface area (Å²) in [6.07, 6.45) is 6.09. The van der Waals surface area contributed by atoms with E-state index >= 15 is 0 Å². The number of hydrogen-bond donors (Lipinski definition) is 1. The SMILES string of the molecule is CCc1cnccc1-c1nccc(CO)n1. The van der Waals surface area contributed by atoms with Crippen LogP contribution >= 0.6 is 0 Å². The van der Waals surface area contributed by atoms with E-state index in [-0.39, 0.29) is 6.61 Å². The van der Waals surface area contributed by atoms with Crippen LogP contribution in [0.15, 0.2) is 30.7 Å². The summed E-state index contributed by atoms with van der Waals surface area (Å²) in [7, 11) is 0. The highest BCUT2D eigenvalue weighted by molar-refractivity contribution is 5.59. The third-order valence-electron chi connectivity index (χ3n) is 2.40. The van der Waals surface area contributed by atoms with Crippen molar-refractivity contribution in [2.24, 2.45) is 0 Å². The maximum atomic E-state index is 9.03. The first-order valence-electron chi connectivity index (χ1n) is 5.21. The quantitative estimate of drug-likeness (QED) is 0.844. The number of nitrogens with zero attached hydrogens (tertiary/aromatic N) is 3. The second-order valence-corrected chi connectivity index (χ2v) is 3.42. The molecule has 2 aromatic heterocycles. The summed E-state index contributed by atoms with van der Waals surface area (Å²) in [5, 5.41) is 9.03. The molecule has 2 rings (SSSR count). The molecule has 1 N–H and O–H groups in total. The van der Waals surface area contributed by atoms with E-state index in [2.05, 4.69) is 21.9 Å². The van der Waals surface area contributed by atoms with E-state index in [9.17, 15) is 0 Å². The minimum atomic E-state index is -0.0674. The van der Waals surface area contributed by atoms with Crippen molar-refractivity contribution in [1.82, 2.24) is 15.0 Å². The van der Waals surface area contributed by atoms with Gasteiger partial charge in [-0.2, -0.15) is 0 Å². The molecule has 0 saturated heterocycles. The Kier molecular flexibility index (Phi) is 3.22. The maximum Gasteiger partial charge on any atom is 0.159 e. The lowest BCUT2D eigenvalue weighted by Crippen LogP contribution is -1.97. The van der Waals surface area contributed by atoms with Gasteiger partial charge in [0.05, 0.1) is 12.3 Å². The van der Waals surface area contributed by atoms with Crippen LogP contribution < -0.4 is 0 Å². The van der Waals surface area contributed by atoms with Gasteiger partial charge in [-0.3, -0.25) is 4.98 Å². The van der Waals surface area contributed by atoms with E-state index in [0.29, 0.717) is 11.5 Å². The molecular formula is C12H13N3O. The minimum Gasteiger partial charge on any atom is -0.390 e. The normalized spacial score (nSPS) is 10.4. The molecule has 16 heavy (non-hydrogen) atoms. The standard InChI is InChI=1S/C12H13N3O/c1-2-9-7-13-5-4-11(9)12-14-6-3-10(8-16)15-12/h3-7,16H,2,8H2,1H3. The van der Waals surface area contributed by atoms with E-state index in [1.54, 1.807) is 18.5 Å². The van der Waals surface area contributed by atoms with Crippen molar-refractivity contribution in [3.05, 3.63) is 42.0 Å². The Morgan fingerprint density at radius 1 is 1.25 bits per heavy atom. The van der Waals surface area contributed by atoms with E-state index in [4.69, 9.17) is 5.11 Å². The van der Waals surface area contributed by atoms with Crippen LogP contribution in [0.2, 0.25) is 0 Å². The molecule has 0 spiro atoms. The summed E-state index contributed by atoms with van der Waals surface area (Å²) in [5.74, 6) is 0.644. The first kappa shape index (κ1) is 10.7. The Morgan fingerprint density at radius 3 is 2.88 bits per heavy atom. The Bertz CT molecular complexity index is 485. The van der Waals surface area contributed by atoms with Gasteiger partial charge in [-0.1, -0.05) is 6.92 Å². The molecule has 0 unspecified atom stereocenters. The summed E-state index contributed by atoms with van der Waals surface area (Å²) in [6.45, 7) is 2.00. The lowest BCUT2D eigenvalue weighted by Gasteiger charge is -2.06. The predicted octanol–water partition coefficient (Wildman–Crippen LogP) is 1.59. The van der Waals surface area contributed by atoms with Crippen LogP contribution in [0.1, 0.15) is 18.2 Å². The first-order valence-corrected chi connectivity index (χ1v) is 5.21. The van der Waals surface area contributed by atoms with Gasteiger partial charge >= 0.3 is 0 Å². The number of aryl methyl sites for hydroxylation is 1. The molecule has 0 atom stereocenters. The van der Waals surface area contributed by atoms with E-state index in [0.717, 1.165) is 17.5 Å². The van der Waals surface area contributed by atoms with Crippen molar-refractivity contribution in [1.29, 1.82) is 0 Å². The Hall–Kier alpha value is -1.81. The largest absolute Gasteiger partial charge is 0.390 e. The van der Waals surface area contributed by atoms with Gasteiger partial charge in [-0.25, -0.2) is 9.97 Å². The van der Waals surface area contributed by atoms with Gasteiger partial charge in [0, 0.05) is 24.2 Å². The van der Waals surface area contributed by atoms with E-state index < -0.39 is 0 Å². The molecule has 0 aliphatic heterocycles. The molecule has 0 radical (unpaired) electrons. The fraction of sp³-hybridized carbons (Fsp3) is 0.250. The monoisotopic (exact) mass is 215 g/mol. The zero-order chi connectivity index (χ0) is 11.4. The molecule has 0 fully saturated rings. The third kappa shape index (κ3) is 2.06. The Labute approximate surface area is 94.0 Å². The van der Waals surface area contributed by atoms with Crippen LogP contribution in [-0.2, 0) is 13.0 Å². The Morgan fingerprint density at radius 2 is 2.12 bits per heavy atom. The number of rotatable bonds is 3. The van der Waals surface area contributed by atoms with Crippen molar-refractivity contribution in [3.63, 3.8) is 0 Å². The molecule has 2 heterocycles. The summed E-state index contributed by atoms with van der Waals surface area (Å²) in [5.41, 5.74) is 2.72. The number of hydrogen-bond acceptors (Lipinski definition) is 4. The van der Waals surface area contributed by atoms with Crippen LogP contribution in [0, 0.1) is 0 Å². The van der Waals surface area contributed by atoms with Crippen LogP contribution in [0.5, 0.6) is 0 Å². The topological polar surface area (TPSA) is 58.9 Å². The van der Waals surface area contributed by atoms with Crippen LogP contribution in [0.25, 0.3) is 11.4 Å². The van der Waals surface area contributed by atoms with Gasteiger partial charge in [0.15, 0.2) is 5.82 Å². The molecule has 0 saturated carbocycles. The number of aromatic nitrogens is 3. The highest BCUT2D eigenvalue weighted by Crippen LogP contribution is 2.19. The average Bonchev–Trinajstić information content (AvgIpc) is 2.38. The van der Waals surface area contributed by atoms with Gasteiger partial charge in [0.1, 0.15) is 0 Å². The molecule has 0 bridgehead atoms. The fourth-order valence-corrected chi connectivity index (χ4v) is 1.54. The van der Waals surface area contributed by atoms with Gasteiger partial charge in [0.2, 0.25) is 0 Å². The lowest BCUT2D eigenvalue weighted by molar-refractivity contribution is 0.277. The second-order valence-electron chi connectivity index (χ2n) is 3.42. The highest BCUT2D eigenvalue weighted by Gasteiger charge is 2.06. The summed E-state index contributed by atoms with van der Waals surface area (Å²) in [6, 6.07) is 3.60. The molecule has 82 valence electrons. The van der Waals surface area contributed by atoms with Crippen molar-refractivity contribution in [2.45, 2.75) is 20.0 Å². The maximum absolute atomic E-state index is 9.03. The van der Waals surface area contributed by atoms with Crippen LogP contribution in [0.4, 0.5) is 0 Å². The fourth-order valence-electron chi connectivity index (χ4n) is 1.54. The van der Waals surface area contributed by atoms with Crippen molar-refractivity contribution >= 4 is 0 Å². The molecule has 0 aromatic carbocycles. The summed E-state index contributed by atoms with van der Waals surface area (Å²) < 4.78 is 0. The zero-order valence-corrected chi connectivity index (χ0v) is 9.09. The molecule has 0 aliphatic rings. The number of aliphatic hydroxyl groups is 1. The van der Waals surface area contributed by atoms with Gasteiger partial charge < -0.3 is 5.11 Å². The lowest BCUT2D eigenvalue weighted by atomic mass is 10.1. The number of pyridine rings is 1. The Balaban J connectivity index is 2.49. The van der Waals surface area contributed by atoms with Crippen LogP contribution in [-0.4, -0.2) is 20.1 Å². The molecule has 4 heteroatoms. The number of aliphatic hydroxyl groups excluding tert-OH is 1. The van der Waals surface area contributed by atoms with Crippen molar-refractivity contribution < 1.29 is 5.11 Å². The highest BCUT2D eigenvalue weighted by atomic mass is 16.3. The van der Waals surface area contributed by atoms with Gasteiger partial charge in [-0.05, 0) is 24.1 Å². The third-order valence-corrected chi connectivity index (χ3v) is 2.40. The van der Waals surface area contributed by atoms with Gasteiger partial charge in [0.25, 0.3) is 0 Å². The average molecular weight is 215 g/mol. The first-order chi connectivity index (χ1) is 7.85. The van der Waals surface area contributed by atoms with Gasteiger partial charge in [-0.15, -0.1) is 0 Å². The van der Waals surface area contributed by atoms with E-state index in [1.165, 1.54) is 0 Å². The molecule has 2 aromatic rings. The molecule has 4 nitrogen and oxygen atoms in total. The minimum absolute atomic E-state index is 0.0674. The molecule has 0 amide bonds. The predicted molar refractivity (Wildman–Crippen MR) is 60.6 cm³/mol.